The number of fused-ring (bicyclic) bond motifs is 5. The van der Waals surface area contributed by atoms with Crippen LogP contribution in [0.25, 0.3) is 0 Å². The van der Waals surface area contributed by atoms with E-state index < -0.39 is 17.0 Å². The zero-order valence-electron chi connectivity index (χ0n) is 17.9. The van der Waals surface area contributed by atoms with Gasteiger partial charge in [-0.3, -0.25) is 14.4 Å². The van der Waals surface area contributed by atoms with Gasteiger partial charge in [0, 0.05) is 17.8 Å². The van der Waals surface area contributed by atoms with Crippen molar-refractivity contribution >= 4 is 17.5 Å². The molecule has 1 N–H and O–H groups in total. The Kier molecular flexibility index (Phi) is 4.69. The summed E-state index contributed by atoms with van der Waals surface area (Å²) in [5.41, 5.74) is -0.848. The quantitative estimate of drug-likeness (QED) is 0.735. The molecule has 5 nitrogen and oxygen atoms in total. The van der Waals surface area contributed by atoms with Crippen LogP contribution in [-0.2, 0) is 19.1 Å². The molecule has 4 unspecified atom stereocenters. The Morgan fingerprint density at radius 3 is 2.69 bits per heavy atom. The lowest BCUT2D eigenvalue weighted by Gasteiger charge is -2.60. The van der Waals surface area contributed by atoms with Gasteiger partial charge in [-0.15, -0.1) is 0 Å². The van der Waals surface area contributed by atoms with Gasteiger partial charge in [0.1, 0.15) is 5.60 Å². The van der Waals surface area contributed by atoms with Crippen molar-refractivity contribution in [2.75, 3.05) is 6.61 Å². The first kappa shape index (κ1) is 20.5. The van der Waals surface area contributed by atoms with Crippen LogP contribution in [0.2, 0.25) is 0 Å². The van der Waals surface area contributed by atoms with Gasteiger partial charge in [0.15, 0.2) is 12.4 Å². The van der Waals surface area contributed by atoms with Crippen molar-refractivity contribution in [2.24, 2.45) is 34.5 Å². The number of carbonyl (C=O) groups is 3. The van der Waals surface area contributed by atoms with E-state index in [0.29, 0.717) is 24.2 Å². The van der Waals surface area contributed by atoms with Gasteiger partial charge in [0.2, 0.25) is 5.78 Å². The zero-order valence-corrected chi connectivity index (χ0v) is 17.9. The predicted molar refractivity (Wildman–Crippen MR) is 108 cm³/mol. The van der Waals surface area contributed by atoms with Gasteiger partial charge in [-0.25, -0.2) is 0 Å². The minimum Gasteiger partial charge on any atom is -0.458 e. The van der Waals surface area contributed by atoms with Crippen LogP contribution in [-0.4, -0.2) is 34.9 Å². The molecule has 0 bridgehead atoms. The van der Waals surface area contributed by atoms with E-state index in [4.69, 9.17) is 4.74 Å². The van der Waals surface area contributed by atoms with Crippen LogP contribution in [0.15, 0.2) is 23.8 Å². The largest absolute Gasteiger partial charge is 0.458 e. The van der Waals surface area contributed by atoms with E-state index >= 15 is 0 Å². The maximum atomic E-state index is 12.9. The Bertz CT molecular complexity index is 825. The lowest BCUT2D eigenvalue weighted by atomic mass is 9.44. The number of esters is 1. The number of aliphatic hydroxyl groups is 1. The summed E-state index contributed by atoms with van der Waals surface area (Å²) in [6.07, 6.45) is 9.52. The predicted octanol–water partition coefficient (Wildman–Crippen LogP) is 3.40. The maximum Gasteiger partial charge on any atom is 0.303 e. The Morgan fingerprint density at radius 2 is 2.00 bits per heavy atom. The molecule has 4 aliphatic carbocycles. The van der Waals surface area contributed by atoms with Crippen LogP contribution in [0.4, 0.5) is 0 Å². The molecule has 0 radical (unpaired) electrons. The number of carbonyl (C=O) groups excluding carboxylic acids is 3. The molecule has 3 saturated carbocycles. The van der Waals surface area contributed by atoms with Crippen LogP contribution < -0.4 is 0 Å². The molecule has 3 fully saturated rings. The van der Waals surface area contributed by atoms with Crippen molar-refractivity contribution in [1.29, 1.82) is 0 Å². The summed E-state index contributed by atoms with van der Waals surface area (Å²) in [5, 5.41) is 11.6. The van der Waals surface area contributed by atoms with Crippen LogP contribution in [0.5, 0.6) is 0 Å². The number of ketones is 2. The van der Waals surface area contributed by atoms with Crippen molar-refractivity contribution in [1.82, 2.24) is 0 Å². The first-order valence-electron chi connectivity index (χ1n) is 10.9. The molecule has 4 aliphatic rings. The fraction of sp³-hybridized carbons (Fsp3) is 0.708. The van der Waals surface area contributed by atoms with E-state index in [0.717, 1.165) is 25.7 Å². The lowest BCUT2D eigenvalue weighted by Crippen LogP contribution is -2.60. The van der Waals surface area contributed by atoms with Crippen molar-refractivity contribution in [3.8, 4) is 0 Å². The molecule has 7 atom stereocenters. The molecule has 4 rings (SSSR count). The molecular weight excluding hydrogens is 368 g/mol. The minimum atomic E-state index is -1.44. The fourth-order valence-corrected chi connectivity index (χ4v) is 7.64. The molecule has 0 spiro atoms. The van der Waals surface area contributed by atoms with Crippen molar-refractivity contribution in [3.63, 3.8) is 0 Å². The van der Waals surface area contributed by atoms with E-state index in [2.05, 4.69) is 26.8 Å². The lowest BCUT2D eigenvalue weighted by molar-refractivity contribution is -0.173. The SMILES string of the molecule is CC(=O)OCC(=O)[C@@]1(O)CCC2C3CCC4=CC(=O)C=C[C@]4(C)C3C(C)C[C@@]21C. The van der Waals surface area contributed by atoms with Gasteiger partial charge >= 0.3 is 5.97 Å². The minimum absolute atomic E-state index is 0.0792. The van der Waals surface area contributed by atoms with E-state index in [1.807, 2.05) is 6.08 Å². The van der Waals surface area contributed by atoms with Crippen molar-refractivity contribution in [3.05, 3.63) is 23.8 Å². The van der Waals surface area contributed by atoms with Gasteiger partial charge in [-0.2, -0.15) is 0 Å². The number of hydrogen-bond acceptors (Lipinski definition) is 5. The third-order valence-electron chi connectivity index (χ3n) is 8.83. The summed E-state index contributed by atoms with van der Waals surface area (Å²) in [7, 11) is 0. The molecular formula is C24H32O5. The van der Waals surface area contributed by atoms with Gasteiger partial charge in [-0.1, -0.05) is 32.4 Å². The number of rotatable bonds is 3. The Morgan fingerprint density at radius 1 is 1.28 bits per heavy atom. The topological polar surface area (TPSA) is 80.7 Å². The Labute approximate surface area is 172 Å². The highest BCUT2D eigenvalue weighted by atomic mass is 16.5. The highest BCUT2D eigenvalue weighted by Crippen LogP contribution is 2.68. The van der Waals surface area contributed by atoms with Crippen LogP contribution in [0.1, 0.15) is 59.8 Å². The summed E-state index contributed by atoms with van der Waals surface area (Å²) in [4.78, 5) is 36.0. The van der Waals surface area contributed by atoms with E-state index in [1.54, 1.807) is 6.08 Å². The van der Waals surface area contributed by atoms with Gasteiger partial charge in [-0.05, 0) is 67.9 Å². The molecule has 0 aromatic rings. The number of Topliss-reactive ketones (excluding diaryl/α,β-unsaturated/α-hetero) is 1. The smallest absolute Gasteiger partial charge is 0.303 e. The second-order valence-electron chi connectivity index (χ2n) is 10.2. The van der Waals surface area contributed by atoms with E-state index in [-0.39, 0.29) is 29.5 Å². The normalized spacial score (nSPS) is 45.7. The van der Waals surface area contributed by atoms with Crippen molar-refractivity contribution < 1.29 is 24.2 Å². The molecule has 0 aromatic carbocycles. The molecule has 0 aliphatic heterocycles. The highest BCUT2D eigenvalue weighted by Gasteiger charge is 2.67. The Hall–Kier alpha value is -1.75. The first-order chi connectivity index (χ1) is 13.5. The van der Waals surface area contributed by atoms with Crippen LogP contribution >= 0.6 is 0 Å². The Balaban J connectivity index is 1.66. The fourth-order valence-electron chi connectivity index (χ4n) is 7.64. The summed E-state index contributed by atoms with van der Waals surface area (Å²) in [6.45, 7) is 7.47. The molecule has 0 saturated heterocycles. The number of ether oxygens (including phenoxy) is 1. The standard InChI is InChI=1S/C24H32O5/c1-14-12-23(4)19(8-10-24(23,28)20(27)13-29-15(2)25)18-6-5-16-11-17(26)7-9-22(16,3)21(14)18/h7,9,11,14,18-19,21,28H,5-6,8,10,12-13H2,1-4H3/t14?,18?,19?,21?,22-,23-,24-/m0/s1. The average Bonchev–Trinajstić information content (AvgIpc) is 2.91. The number of allylic oxidation sites excluding steroid dienone is 4. The second kappa shape index (κ2) is 6.63. The summed E-state index contributed by atoms with van der Waals surface area (Å²) < 4.78 is 4.94. The molecule has 0 amide bonds. The molecule has 0 aromatic heterocycles. The van der Waals surface area contributed by atoms with Gasteiger partial charge in [0.25, 0.3) is 0 Å². The third-order valence-corrected chi connectivity index (χ3v) is 8.83. The molecule has 5 heteroatoms. The second-order valence-corrected chi connectivity index (χ2v) is 10.2. The maximum absolute atomic E-state index is 12.9. The van der Waals surface area contributed by atoms with E-state index in [9.17, 15) is 19.5 Å². The molecule has 158 valence electrons. The number of hydrogen-bond donors (Lipinski definition) is 1. The first-order valence-corrected chi connectivity index (χ1v) is 10.9. The van der Waals surface area contributed by atoms with Gasteiger partial charge < -0.3 is 9.84 Å². The highest BCUT2D eigenvalue weighted by molar-refractivity contribution is 6.01. The van der Waals surface area contributed by atoms with Gasteiger partial charge in [0.05, 0.1) is 0 Å². The zero-order chi connectivity index (χ0) is 21.2. The molecule has 29 heavy (non-hydrogen) atoms. The van der Waals surface area contributed by atoms with E-state index in [1.165, 1.54) is 12.5 Å². The monoisotopic (exact) mass is 400 g/mol. The third kappa shape index (κ3) is 2.80. The summed E-state index contributed by atoms with van der Waals surface area (Å²) in [5.74, 6) is 0.565. The van der Waals surface area contributed by atoms with Crippen molar-refractivity contribution in [2.45, 2.75) is 65.4 Å². The van der Waals surface area contributed by atoms with Crippen LogP contribution in [0, 0.1) is 34.5 Å². The summed E-state index contributed by atoms with van der Waals surface area (Å²) in [6, 6.07) is 0. The van der Waals surface area contributed by atoms with Crippen LogP contribution in [0.3, 0.4) is 0 Å². The average molecular weight is 401 g/mol. The summed E-state index contributed by atoms with van der Waals surface area (Å²) >= 11 is 0. The molecule has 0 heterocycles.